The minimum Gasteiger partial charge on any atom is -0.298 e. The van der Waals surface area contributed by atoms with Gasteiger partial charge in [0.05, 0.1) is 49.0 Å². The monoisotopic (exact) mass is 562 g/mol. The quantitative estimate of drug-likeness (QED) is 0.218. The van der Waals surface area contributed by atoms with Crippen LogP contribution in [0.5, 0.6) is 0 Å². The van der Waals surface area contributed by atoms with Crippen molar-refractivity contribution < 1.29 is 0 Å². The van der Waals surface area contributed by atoms with E-state index < -0.39 is 0 Å². The van der Waals surface area contributed by atoms with Crippen molar-refractivity contribution in [3.63, 3.8) is 0 Å². The Bertz CT molecular complexity index is 1300. The third kappa shape index (κ3) is 8.39. The highest BCUT2D eigenvalue weighted by atomic mass is 15.3. The van der Waals surface area contributed by atoms with E-state index in [9.17, 15) is 0 Å². The molecule has 0 fully saturated rings. The Hall–Kier alpha value is -3.24. The molecular formula is C31H50N10. The Morgan fingerprint density at radius 2 is 0.805 bits per heavy atom. The summed E-state index contributed by atoms with van der Waals surface area (Å²) in [5.41, 5.74) is 9.15. The second-order valence-electron chi connectivity index (χ2n) is 11.8. The molecule has 0 aromatic carbocycles. The van der Waals surface area contributed by atoms with Crippen LogP contribution in [0.3, 0.4) is 0 Å². The zero-order chi connectivity index (χ0) is 29.7. The summed E-state index contributed by atoms with van der Waals surface area (Å²) >= 11 is 0. The molecular weight excluding hydrogens is 512 g/mol. The molecule has 0 bridgehead atoms. The predicted molar refractivity (Wildman–Crippen MR) is 164 cm³/mol. The lowest BCUT2D eigenvalue weighted by atomic mass is 10.2. The minimum absolute atomic E-state index is 0.352. The summed E-state index contributed by atoms with van der Waals surface area (Å²) in [5, 5.41) is 18.9. The normalized spacial score (nSPS) is 12.8. The van der Waals surface area contributed by atoms with Crippen LogP contribution in [0.25, 0.3) is 0 Å². The molecule has 0 radical (unpaired) electrons. The van der Waals surface area contributed by atoms with Crippen molar-refractivity contribution in [2.24, 2.45) is 0 Å². The molecule has 0 saturated heterocycles. The molecule has 4 aromatic heterocycles. The van der Waals surface area contributed by atoms with E-state index in [1.807, 2.05) is 0 Å². The van der Waals surface area contributed by atoms with Crippen molar-refractivity contribution in [2.75, 3.05) is 32.7 Å². The molecule has 0 N–H and O–H groups in total. The topological polar surface area (TPSA) is 77.8 Å². The highest BCUT2D eigenvalue weighted by molar-refractivity contribution is 5.08. The fourth-order valence-electron chi connectivity index (χ4n) is 5.86. The second-order valence-corrected chi connectivity index (χ2v) is 11.8. The van der Waals surface area contributed by atoms with Gasteiger partial charge in [-0.1, -0.05) is 0 Å². The third-order valence-corrected chi connectivity index (χ3v) is 8.01. The largest absolute Gasteiger partial charge is 0.298 e. The van der Waals surface area contributed by atoms with Crippen LogP contribution in [0.15, 0.2) is 24.3 Å². The van der Waals surface area contributed by atoms with Crippen molar-refractivity contribution in [1.29, 1.82) is 0 Å². The van der Waals surface area contributed by atoms with Gasteiger partial charge in [-0.2, -0.15) is 20.4 Å². The van der Waals surface area contributed by atoms with Crippen LogP contribution in [0.4, 0.5) is 0 Å². The number of hydrogen-bond acceptors (Lipinski definition) is 6. The number of aryl methyl sites for hydroxylation is 8. The number of aromatic nitrogens is 8. The Morgan fingerprint density at radius 1 is 0.512 bits per heavy atom. The lowest BCUT2D eigenvalue weighted by Gasteiger charge is -2.34. The van der Waals surface area contributed by atoms with Gasteiger partial charge in [0.15, 0.2) is 0 Å². The molecule has 0 aliphatic carbocycles. The molecule has 224 valence electrons. The van der Waals surface area contributed by atoms with Gasteiger partial charge in [-0.15, -0.1) is 0 Å². The maximum absolute atomic E-state index is 4.73. The number of hydrogen-bond donors (Lipinski definition) is 0. The van der Waals surface area contributed by atoms with Gasteiger partial charge in [0.2, 0.25) is 0 Å². The van der Waals surface area contributed by atoms with Crippen LogP contribution in [-0.2, 0) is 26.2 Å². The van der Waals surface area contributed by atoms with Gasteiger partial charge in [-0.25, -0.2) is 0 Å². The van der Waals surface area contributed by atoms with Gasteiger partial charge in [0.1, 0.15) is 0 Å². The van der Waals surface area contributed by atoms with Gasteiger partial charge >= 0.3 is 0 Å². The molecule has 4 aromatic rings. The summed E-state index contributed by atoms with van der Waals surface area (Å²) in [6.45, 7) is 27.4. The summed E-state index contributed by atoms with van der Waals surface area (Å²) in [4.78, 5) is 5.18. The zero-order valence-electron chi connectivity index (χ0n) is 26.7. The van der Waals surface area contributed by atoms with E-state index in [4.69, 9.17) is 20.4 Å². The molecule has 0 aliphatic rings. The average molecular weight is 563 g/mol. The molecule has 1 unspecified atom stereocenters. The first-order chi connectivity index (χ1) is 19.5. The average Bonchev–Trinajstić information content (AvgIpc) is 3.60. The first kappa shape index (κ1) is 30.7. The van der Waals surface area contributed by atoms with Crippen LogP contribution >= 0.6 is 0 Å². The van der Waals surface area contributed by atoms with Crippen molar-refractivity contribution in [1.82, 2.24) is 48.9 Å². The van der Waals surface area contributed by atoms with E-state index in [1.54, 1.807) is 0 Å². The molecule has 0 spiro atoms. The van der Waals surface area contributed by atoms with E-state index in [0.717, 1.165) is 81.7 Å². The standard InChI is InChI=1S/C31H50N10/c1-23-18-27(5)38(32-23)14-10-36(11-15-39-28(6)19-24(2)33-39)22-31(9)37(12-16-40-29(7)20-25(3)34-40)13-17-41-30(8)21-26(4)35-41/h18-21,31H,10-17,22H2,1-9H3. The van der Waals surface area contributed by atoms with Crippen molar-refractivity contribution >= 4 is 0 Å². The van der Waals surface area contributed by atoms with E-state index in [0.29, 0.717) is 6.04 Å². The van der Waals surface area contributed by atoms with E-state index in [-0.39, 0.29) is 0 Å². The van der Waals surface area contributed by atoms with Crippen molar-refractivity contribution in [2.45, 2.75) is 94.5 Å². The summed E-state index contributed by atoms with van der Waals surface area (Å²) in [6.07, 6.45) is 0. The van der Waals surface area contributed by atoms with Crippen molar-refractivity contribution in [3.8, 4) is 0 Å². The van der Waals surface area contributed by atoms with Crippen LogP contribution in [0.2, 0.25) is 0 Å². The fraction of sp³-hybridized carbons (Fsp3) is 0.613. The van der Waals surface area contributed by atoms with Gasteiger partial charge in [-0.3, -0.25) is 28.5 Å². The lowest BCUT2D eigenvalue weighted by Crippen LogP contribution is -2.46. The Labute approximate surface area is 245 Å². The first-order valence-corrected chi connectivity index (χ1v) is 15.0. The summed E-state index contributed by atoms with van der Waals surface area (Å²) in [5.74, 6) is 0. The van der Waals surface area contributed by atoms with E-state index >= 15 is 0 Å². The van der Waals surface area contributed by atoms with Crippen LogP contribution in [0.1, 0.15) is 52.5 Å². The highest BCUT2D eigenvalue weighted by Crippen LogP contribution is 2.11. The van der Waals surface area contributed by atoms with E-state index in [1.165, 1.54) is 22.8 Å². The number of nitrogens with zero attached hydrogens (tertiary/aromatic N) is 10. The molecule has 0 aliphatic heterocycles. The maximum Gasteiger partial charge on any atom is 0.0596 e. The molecule has 0 saturated carbocycles. The highest BCUT2D eigenvalue weighted by Gasteiger charge is 2.20. The number of rotatable bonds is 15. The van der Waals surface area contributed by atoms with Crippen molar-refractivity contribution in [3.05, 3.63) is 69.8 Å². The fourth-order valence-corrected chi connectivity index (χ4v) is 5.86. The smallest absolute Gasteiger partial charge is 0.0596 e. The zero-order valence-corrected chi connectivity index (χ0v) is 26.7. The molecule has 10 nitrogen and oxygen atoms in total. The maximum atomic E-state index is 4.73. The molecule has 10 heteroatoms. The molecule has 1 atom stereocenters. The van der Waals surface area contributed by atoms with Crippen LogP contribution in [0, 0.1) is 55.4 Å². The van der Waals surface area contributed by atoms with Gasteiger partial charge in [0.25, 0.3) is 0 Å². The first-order valence-electron chi connectivity index (χ1n) is 15.0. The predicted octanol–water partition coefficient (Wildman–Crippen LogP) is 4.03. The Balaban J connectivity index is 1.48. The van der Waals surface area contributed by atoms with Crippen LogP contribution in [-0.4, -0.2) is 87.7 Å². The van der Waals surface area contributed by atoms with Gasteiger partial charge < -0.3 is 0 Å². The van der Waals surface area contributed by atoms with E-state index in [2.05, 4.69) is 115 Å². The Kier molecular flexibility index (Phi) is 10.2. The lowest BCUT2D eigenvalue weighted by molar-refractivity contribution is 0.130. The molecule has 4 heterocycles. The van der Waals surface area contributed by atoms with Crippen LogP contribution < -0.4 is 0 Å². The minimum atomic E-state index is 0.352. The summed E-state index contributed by atoms with van der Waals surface area (Å²) in [6, 6.07) is 8.97. The molecule has 41 heavy (non-hydrogen) atoms. The van der Waals surface area contributed by atoms with Gasteiger partial charge in [0, 0.05) is 61.5 Å². The third-order valence-electron chi connectivity index (χ3n) is 8.01. The summed E-state index contributed by atoms with van der Waals surface area (Å²) < 4.78 is 8.56. The second kappa shape index (κ2) is 13.6. The molecule has 0 amide bonds. The SMILES string of the molecule is Cc1cc(C)n(CCN(CCn2nc(C)cc2C)CC(C)N(CCn2nc(C)cc2C)CCn2nc(C)cc2C)n1. The summed E-state index contributed by atoms with van der Waals surface area (Å²) in [7, 11) is 0. The Morgan fingerprint density at radius 3 is 1.07 bits per heavy atom. The van der Waals surface area contributed by atoms with Gasteiger partial charge in [-0.05, 0) is 86.6 Å². The molecule has 4 rings (SSSR count).